The smallest absolute Gasteiger partial charge is 0.257 e. The van der Waals surface area contributed by atoms with Gasteiger partial charge < -0.3 is 0 Å². The summed E-state index contributed by atoms with van der Waals surface area (Å²) in [5.41, 5.74) is 5.30. The molecule has 0 spiro atoms. The number of hydrogen-bond donors (Lipinski definition) is 1. The monoisotopic (exact) mass is 372 g/mol. The fourth-order valence-corrected chi connectivity index (χ4v) is 3.97. The van der Waals surface area contributed by atoms with Gasteiger partial charge in [-0.25, -0.2) is 4.98 Å². The molecule has 4 aromatic rings. The molecule has 0 aliphatic rings. The van der Waals surface area contributed by atoms with E-state index in [0.717, 1.165) is 23.1 Å². The molecule has 0 fully saturated rings. The van der Waals surface area contributed by atoms with Crippen LogP contribution >= 0.6 is 11.3 Å². The molecule has 0 bridgehead atoms. The topological polar surface area (TPSA) is 42.0 Å². The third-order valence-corrected chi connectivity index (χ3v) is 5.46. The summed E-state index contributed by atoms with van der Waals surface area (Å²) in [7, 11) is 0. The maximum Gasteiger partial charge on any atom is 0.257 e. The second kappa shape index (κ2) is 7.72. The summed E-state index contributed by atoms with van der Waals surface area (Å²) in [4.78, 5) is 17.0. The van der Waals surface area contributed by atoms with Crippen LogP contribution in [0.25, 0.3) is 10.2 Å². The van der Waals surface area contributed by atoms with Crippen molar-refractivity contribution in [1.29, 1.82) is 0 Å². The SMILES string of the molecule is Cc1ccc2nc(NC(=O)c3ccc(CCc4ccccc4)cc3)sc2c1. The van der Waals surface area contributed by atoms with Crippen molar-refractivity contribution >= 4 is 32.6 Å². The van der Waals surface area contributed by atoms with Crippen LogP contribution in [0.1, 0.15) is 27.0 Å². The molecule has 27 heavy (non-hydrogen) atoms. The fraction of sp³-hybridized carbons (Fsp3) is 0.130. The van der Waals surface area contributed by atoms with Gasteiger partial charge in [0.1, 0.15) is 0 Å². The van der Waals surface area contributed by atoms with E-state index >= 15 is 0 Å². The Hall–Kier alpha value is -2.98. The molecule has 0 saturated heterocycles. The van der Waals surface area contributed by atoms with Crippen molar-refractivity contribution in [1.82, 2.24) is 4.98 Å². The number of aryl methyl sites for hydroxylation is 3. The normalized spacial score (nSPS) is 10.9. The zero-order valence-corrected chi connectivity index (χ0v) is 15.9. The van der Waals surface area contributed by atoms with E-state index in [-0.39, 0.29) is 5.91 Å². The number of nitrogens with zero attached hydrogens (tertiary/aromatic N) is 1. The lowest BCUT2D eigenvalue weighted by Gasteiger charge is -2.05. The predicted molar refractivity (Wildman–Crippen MR) is 113 cm³/mol. The number of amides is 1. The van der Waals surface area contributed by atoms with Crippen LogP contribution in [-0.2, 0) is 12.8 Å². The number of anilines is 1. The van der Waals surface area contributed by atoms with Crippen LogP contribution in [0.2, 0.25) is 0 Å². The minimum Gasteiger partial charge on any atom is -0.298 e. The standard InChI is InChI=1S/C23H20N2OS/c1-16-7-14-20-21(15-16)27-23(24-20)25-22(26)19-12-10-18(11-13-19)9-8-17-5-3-2-4-6-17/h2-7,10-15H,8-9H2,1H3,(H,24,25,26). The molecule has 1 aromatic heterocycles. The number of aromatic nitrogens is 1. The molecule has 0 aliphatic carbocycles. The van der Waals surface area contributed by atoms with Gasteiger partial charge in [-0.2, -0.15) is 0 Å². The minimum absolute atomic E-state index is 0.125. The Labute approximate surface area is 162 Å². The van der Waals surface area contributed by atoms with E-state index in [1.165, 1.54) is 28.0 Å². The highest BCUT2D eigenvalue weighted by Crippen LogP contribution is 2.27. The Morgan fingerprint density at radius 1 is 0.926 bits per heavy atom. The number of hydrogen-bond acceptors (Lipinski definition) is 3. The Kier molecular flexibility index (Phi) is 4.99. The van der Waals surface area contributed by atoms with Crippen LogP contribution in [0.15, 0.2) is 72.8 Å². The van der Waals surface area contributed by atoms with Gasteiger partial charge in [-0.15, -0.1) is 0 Å². The first kappa shape index (κ1) is 17.4. The molecule has 0 aliphatic heterocycles. The fourth-order valence-electron chi connectivity index (χ4n) is 3.01. The lowest BCUT2D eigenvalue weighted by molar-refractivity contribution is 0.102. The number of carbonyl (C=O) groups is 1. The molecule has 134 valence electrons. The summed E-state index contributed by atoms with van der Waals surface area (Å²) in [6.07, 6.45) is 1.96. The van der Waals surface area contributed by atoms with Crippen LogP contribution in [0.5, 0.6) is 0 Å². The first-order chi connectivity index (χ1) is 13.2. The zero-order valence-electron chi connectivity index (χ0n) is 15.1. The molecule has 0 saturated carbocycles. The van der Waals surface area contributed by atoms with Crippen molar-refractivity contribution < 1.29 is 4.79 Å². The van der Waals surface area contributed by atoms with Crippen molar-refractivity contribution in [2.24, 2.45) is 0 Å². The molecule has 4 rings (SSSR count). The maximum atomic E-state index is 12.5. The van der Waals surface area contributed by atoms with E-state index in [9.17, 15) is 4.79 Å². The van der Waals surface area contributed by atoms with Crippen LogP contribution in [0.3, 0.4) is 0 Å². The Morgan fingerprint density at radius 2 is 1.63 bits per heavy atom. The van der Waals surface area contributed by atoms with E-state index in [1.54, 1.807) is 0 Å². The van der Waals surface area contributed by atoms with E-state index < -0.39 is 0 Å². The van der Waals surface area contributed by atoms with Gasteiger partial charge in [-0.1, -0.05) is 59.9 Å². The van der Waals surface area contributed by atoms with E-state index in [1.807, 2.05) is 42.5 Å². The molecule has 4 heteroatoms. The summed E-state index contributed by atoms with van der Waals surface area (Å²) in [6.45, 7) is 2.05. The molecule has 1 N–H and O–H groups in total. The van der Waals surface area contributed by atoms with E-state index in [2.05, 4.69) is 47.6 Å². The van der Waals surface area contributed by atoms with Crippen LogP contribution in [0, 0.1) is 6.92 Å². The second-order valence-electron chi connectivity index (χ2n) is 6.63. The summed E-state index contributed by atoms with van der Waals surface area (Å²) in [5, 5.41) is 3.55. The number of fused-ring (bicyclic) bond motifs is 1. The number of carbonyl (C=O) groups excluding carboxylic acids is 1. The predicted octanol–water partition coefficient (Wildman–Crippen LogP) is 5.64. The van der Waals surface area contributed by atoms with Crippen LogP contribution in [0.4, 0.5) is 5.13 Å². The van der Waals surface area contributed by atoms with Gasteiger partial charge in [0.05, 0.1) is 10.2 Å². The van der Waals surface area contributed by atoms with Crippen molar-refractivity contribution in [3.63, 3.8) is 0 Å². The van der Waals surface area contributed by atoms with Gasteiger partial charge in [0.2, 0.25) is 0 Å². The number of thiazole rings is 1. The molecule has 1 amide bonds. The molecule has 0 unspecified atom stereocenters. The first-order valence-corrected chi connectivity index (χ1v) is 9.80. The summed E-state index contributed by atoms with van der Waals surface area (Å²) < 4.78 is 1.08. The summed E-state index contributed by atoms with van der Waals surface area (Å²) in [5.74, 6) is -0.125. The van der Waals surface area contributed by atoms with Gasteiger partial charge in [0, 0.05) is 5.56 Å². The lowest BCUT2D eigenvalue weighted by Crippen LogP contribution is -2.11. The Morgan fingerprint density at radius 3 is 2.37 bits per heavy atom. The van der Waals surface area contributed by atoms with Gasteiger partial charge in [-0.3, -0.25) is 10.1 Å². The van der Waals surface area contributed by atoms with Crippen LogP contribution in [-0.4, -0.2) is 10.9 Å². The third-order valence-electron chi connectivity index (χ3n) is 4.53. The molecule has 0 atom stereocenters. The van der Waals surface area contributed by atoms with E-state index in [0.29, 0.717) is 10.7 Å². The molecule has 3 aromatic carbocycles. The number of benzene rings is 3. The third kappa shape index (κ3) is 4.23. The molecular formula is C23H20N2OS. The summed E-state index contributed by atoms with van der Waals surface area (Å²) >= 11 is 1.50. The van der Waals surface area contributed by atoms with Crippen molar-refractivity contribution in [3.05, 3.63) is 95.1 Å². The van der Waals surface area contributed by atoms with Gasteiger partial charge >= 0.3 is 0 Å². The summed E-state index contributed by atoms with van der Waals surface area (Å²) in [6, 6.07) is 24.4. The average molecular weight is 372 g/mol. The Balaban J connectivity index is 1.41. The van der Waals surface area contributed by atoms with Gasteiger partial charge in [0.25, 0.3) is 5.91 Å². The lowest BCUT2D eigenvalue weighted by atomic mass is 10.0. The highest BCUT2D eigenvalue weighted by atomic mass is 32.1. The van der Waals surface area contributed by atoms with E-state index in [4.69, 9.17) is 0 Å². The minimum atomic E-state index is -0.125. The molecule has 0 radical (unpaired) electrons. The van der Waals surface area contributed by atoms with Crippen molar-refractivity contribution in [2.45, 2.75) is 19.8 Å². The highest BCUT2D eigenvalue weighted by molar-refractivity contribution is 7.22. The quantitative estimate of drug-likeness (QED) is 0.492. The average Bonchev–Trinajstić information content (AvgIpc) is 3.09. The number of nitrogens with one attached hydrogen (secondary N) is 1. The van der Waals surface area contributed by atoms with Crippen molar-refractivity contribution in [3.8, 4) is 0 Å². The second-order valence-corrected chi connectivity index (χ2v) is 7.66. The molecule has 1 heterocycles. The van der Waals surface area contributed by atoms with Gasteiger partial charge in [0.15, 0.2) is 5.13 Å². The van der Waals surface area contributed by atoms with Gasteiger partial charge in [-0.05, 0) is 60.7 Å². The first-order valence-electron chi connectivity index (χ1n) is 8.99. The Bertz CT molecular complexity index is 1070. The van der Waals surface area contributed by atoms with Crippen LogP contribution < -0.4 is 5.32 Å². The van der Waals surface area contributed by atoms with Crippen molar-refractivity contribution in [2.75, 3.05) is 5.32 Å². The molecular weight excluding hydrogens is 352 g/mol. The number of rotatable bonds is 5. The molecule has 3 nitrogen and oxygen atoms in total. The largest absolute Gasteiger partial charge is 0.298 e. The maximum absolute atomic E-state index is 12.5. The zero-order chi connectivity index (χ0) is 18.6. The highest BCUT2D eigenvalue weighted by Gasteiger charge is 2.10.